The summed E-state index contributed by atoms with van der Waals surface area (Å²) >= 11 is 0. The number of benzene rings is 10. The molecule has 1 aromatic heterocycles. The largest absolute Gasteiger partial charge is 0.228 e. The van der Waals surface area contributed by atoms with E-state index in [4.69, 9.17) is 9.97 Å². The van der Waals surface area contributed by atoms with Gasteiger partial charge >= 0.3 is 0 Å². The maximum atomic E-state index is 5.33. The van der Waals surface area contributed by atoms with Crippen LogP contribution in [0.3, 0.4) is 0 Å². The molecule has 2 nitrogen and oxygen atoms in total. The third-order valence-electron chi connectivity index (χ3n) is 13.1. The van der Waals surface area contributed by atoms with Gasteiger partial charge in [0.1, 0.15) is 0 Å². The molecule has 0 saturated heterocycles. The second-order valence-electron chi connectivity index (χ2n) is 16.9. The standard InChI is InChI=1S/C59H40N2/c1-59(2)53-26-13-12-25-47(53)48-29-28-40(35-54(48)59)39-19-14-20-42(33-39)55-36-56(61-58(60-55)38-16-4-3-5-17-38)49-31-32-50(46-24-11-10-23-45(46)49)57-44-22-9-7-18-41(44)34-52-43-21-8-6-15-37(43)27-30-51(52)57/h3-36H,1-2H3. The summed E-state index contributed by atoms with van der Waals surface area (Å²) in [4.78, 5) is 10.6. The quantitative estimate of drug-likeness (QED) is 0.128. The summed E-state index contributed by atoms with van der Waals surface area (Å²) < 4.78 is 0. The highest BCUT2D eigenvalue weighted by molar-refractivity contribution is 6.23. The van der Waals surface area contributed by atoms with Gasteiger partial charge in [0.2, 0.25) is 0 Å². The average Bonchev–Trinajstić information content (AvgIpc) is 3.55. The van der Waals surface area contributed by atoms with E-state index in [-0.39, 0.29) is 5.41 Å². The molecule has 1 aliphatic rings. The van der Waals surface area contributed by atoms with Gasteiger partial charge in [-0.15, -0.1) is 0 Å². The van der Waals surface area contributed by atoms with E-state index in [0.717, 1.165) is 33.5 Å². The van der Waals surface area contributed by atoms with E-state index in [0.29, 0.717) is 5.82 Å². The summed E-state index contributed by atoms with van der Waals surface area (Å²) in [6, 6.07) is 75.0. The molecule has 0 bridgehead atoms. The van der Waals surface area contributed by atoms with Crippen LogP contribution in [0, 0.1) is 0 Å². The van der Waals surface area contributed by atoms with E-state index >= 15 is 0 Å². The first kappa shape index (κ1) is 35.3. The Hall–Kier alpha value is -7.68. The molecule has 1 aliphatic carbocycles. The Morgan fingerprint density at radius 3 is 1.77 bits per heavy atom. The fraction of sp³-hybridized carbons (Fsp3) is 0.0508. The third-order valence-corrected chi connectivity index (χ3v) is 13.1. The van der Waals surface area contributed by atoms with E-state index in [2.05, 4.69) is 214 Å². The molecule has 286 valence electrons. The van der Waals surface area contributed by atoms with E-state index in [1.165, 1.54) is 82.2 Å². The predicted molar refractivity (Wildman–Crippen MR) is 257 cm³/mol. The van der Waals surface area contributed by atoms with Crippen LogP contribution in [0.1, 0.15) is 25.0 Å². The maximum absolute atomic E-state index is 5.33. The molecular weight excluding hydrogens is 737 g/mol. The first-order chi connectivity index (χ1) is 30.0. The lowest BCUT2D eigenvalue weighted by molar-refractivity contribution is 0.660. The van der Waals surface area contributed by atoms with Crippen LogP contribution in [-0.2, 0) is 5.41 Å². The van der Waals surface area contributed by atoms with Gasteiger partial charge in [0, 0.05) is 22.1 Å². The molecule has 0 amide bonds. The monoisotopic (exact) mass is 776 g/mol. The topological polar surface area (TPSA) is 25.8 Å². The van der Waals surface area contributed by atoms with E-state index in [9.17, 15) is 0 Å². The zero-order valence-electron chi connectivity index (χ0n) is 34.0. The summed E-state index contributed by atoms with van der Waals surface area (Å²) in [5, 5.41) is 9.86. The van der Waals surface area contributed by atoms with Crippen molar-refractivity contribution in [1.29, 1.82) is 0 Å². The van der Waals surface area contributed by atoms with Gasteiger partial charge in [0.05, 0.1) is 11.4 Å². The SMILES string of the molecule is CC1(C)c2ccccc2-c2ccc(-c3cccc(-c4cc(-c5ccc(-c6c7ccccc7cc7c6ccc6ccccc67)c6ccccc56)nc(-c5ccccc5)n4)c3)cc21. The van der Waals surface area contributed by atoms with Crippen LogP contribution < -0.4 is 0 Å². The fourth-order valence-electron chi connectivity index (χ4n) is 10.0. The van der Waals surface area contributed by atoms with Crippen molar-refractivity contribution < 1.29 is 0 Å². The van der Waals surface area contributed by atoms with Gasteiger partial charge in [-0.2, -0.15) is 0 Å². The highest BCUT2D eigenvalue weighted by Crippen LogP contribution is 2.50. The van der Waals surface area contributed by atoms with Crippen molar-refractivity contribution in [2.24, 2.45) is 0 Å². The molecule has 0 atom stereocenters. The number of aromatic nitrogens is 2. The summed E-state index contributed by atoms with van der Waals surface area (Å²) in [5.41, 5.74) is 15.1. The van der Waals surface area contributed by atoms with Crippen molar-refractivity contribution in [1.82, 2.24) is 9.97 Å². The van der Waals surface area contributed by atoms with E-state index in [1.54, 1.807) is 0 Å². The van der Waals surface area contributed by atoms with Gasteiger partial charge in [-0.1, -0.05) is 196 Å². The third kappa shape index (κ3) is 5.64. The average molecular weight is 777 g/mol. The molecule has 0 fully saturated rings. The number of fused-ring (bicyclic) bond motifs is 8. The number of hydrogen-bond donors (Lipinski definition) is 0. The Bertz CT molecular complexity index is 3560. The zero-order valence-corrected chi connectivity index (χ0v) is 34.0. The Kier molecular flexibility index (Phi) is 7.92. The Morgan fingerprint density at radius 1 is 0.311 bits per heavy atom. The number of nitrogens with zero attached hydrogens (tertiary/aromatic N) is 2. The molecule has 2 heteroatoms. The summed E-state index contributed by atoms with van der Waals surface area (Å²) in [6.07, 6.45) is 0. The van der Waals surface area contributed by atoms with Crippen LogP contribution in [0.25, 0.3) is 110 Å². The molecule has 0 N–H and O–H groups in total. The lowest BCUT2D eigenvalue weighted by Crippen LogP contribution is -2.14. The molecule has 11 aromatic rings. The Labute approximate surface area is 355 Å². The van der Waals surface area contributed by atoms with Crippen molar-refractivity contribution in [2.75, 3.05) is 0 Å². The van der Waals surface area contributed by atoms with E-state index in [1.807, 2.05) is 6.07 Å². The number of rotatable bonds is 5. The minimum absolute atomic E-state index is 0.0703. The van der Waals surface area contributed by atoms with Gasteiger partial charge < -0.3 is 0 Å². The van der Waals surface area contributed by atoms with Crippen LogP contribution in [0.4, 0.5) is 0 Å². The van der Waals surface area contributed by atoms with Crippen molar-refractivity contribution in [3.8, 4) is 67.3 Å². The maximum Gasteiger partial charge on any atom is 0.160 e. The lowest BCUT2D eigenvalue weighted by Gasteiger charge is -2.22. The van der Waals surface area contributed by atoms with Crippen molar-refractivity contribution in [3.63, 3.8) is 0 Å². The van der Waals surface area contributed by atoms with Gasteiger partial charge in [0.25, 0.3) is 0 Å². The first-order valence-electron chi connectivity index (χ1n) is 21.1. The van der Waals surface area contributed by atoms with Crippen LogP contribution >= 0.6 is 0 Å². The highest BCUT2D eigenvalue weighted by atomic mass is 14.9. The highest BCUT2D eigenvalue weighted by Gasteiger charge is 2.35. The van der Waals surface area contributed by atoms with Gasteiger partial charge in [-0.25, -0.2) is 9.97 Å². The Morgan fingerprint density at radius 2 is 0.918 bits per heavy atom. The first-order valence-corrected chi connectivity index (χ1v) is 21.1. The molecule has 1 heterocycles. The van der Waals surface area contributed by atoms with Gasteiger partial charge in [-0.3, -0.25) is 0 Å². The van der Waals surface area contributed by atoms with Gasteiger partial charge in [0.15, 0.2) is 5.82 Å². The molecule has 61 heavy (non-hydrogen) atoms. The Balaban J connectivity index is 1.03. The lowest BCUT2D eigenvalue weighted by atomic mass is 9.81. The summed E-state index contributed by atoms with van der Waals surface area (Å²) in [7, 11) is 0. The molecule has 0 saturated carbocycles. The zero-order chi connectivity index (χ0) is 40.7. The molecule has 0 unspecified atom stereocenters. The summed E-state index contributed by atoms with van der Waals surface area (Å²) in [6.45, 7) is 4.68. The van der Waals surface area contributed by atoms with Crippen LogP contribution in [0.15, 0.2) is 206 Å². The van der Waals surface area contributed by atoms with Crippen molar-refractivity contribution >= 4 is 43.1 Å². The smallest absolute Gasteiger partial charge is 0.160 e. The van der Waals surface area contributed by atoms with Crippen LogP contribution in [0.5, 0.6) is 0 Å². The minimum Gasteiger partial charge on any atom is -0.228 e. The number of hydrogen-bond acceptors (Lipinski definition) is 2. The second-order valence-corrected chi connectivity index (χ2v) is 16.9. The van der Waals surface area contributed by atoms with Crippen molar-refractivity contribution in [3.05, 3.63) is 217 Å². The van der Waals surface area contributed by atoms with Crippen molar-refractivity contribution in [2.45, 2.75) is 19.3 Å². The molecule has 12 rings (SSSR count). The molecule has 0 radical (unpaired) electrons. The molecular formula is C59H40N2. The van der Waals surface area contributed by atoms with Crippen LogP contribution in [-0.4, -0.2) is 9.97 Å². The van der Waals surface area contributed by atoms with Crippen LogP contribution in [0.2, 0.25) is 0 Å². The second kappa shape index (κ2) is 13.7. The molecule has 0 spiro atoms. The predicted octanol–water partition coefficient (Wildman–Crippen LogP) is 15.7. The fourth-order valence-corrected chi connectivity index (χ4v) is 10.0. The normalized spacial score (nSPS) is 12.9. The van der Waals surface area contributed by atoms with Gasteiger partial charge in [-0.05, 0) is 112 Å². The molecule has 10 aromatic carbocycles. The van der Waals surface area contributed by atoms with E-state index < -0.39 is 0 Å². The summed E-state index contributed by atoms with van der Waals surface area (Å²) in [5.74, 6) is 0.704. The minimum atomic E-state index is -0.0703. The molecule has 0 aliphatic heterocycles.